The third-order valence-electron chi connectivity index (χ3n) is 2.72. The van der Waals surface area contributed by atoms with Gasteiger partial charge in [0.05, 0.1) is 11.3 Å². The van der Waals surface area contributed by atoms with Crippen LogP contribution in [0.3, 0.4) is 0 Å². The van der Waals surface area contributed by atoms with Crippen molar-refractivity contribution >= 4 is 15.6 Å². The van der Waals surface area contributed by atoms with Gasteiger partial charge >= 0.3 is 0 Å². The minimum absolute atomic E-state index is 0.0251. The number of rotatable bonds is 6. The highest BCUT2D eigenvalue weighted by Crippen LogP contribution is 2.13. The molecule has 0 N–H and O–H groups in total. The van der Waals surface area contributed by atoms with Gasteiger partial charge in [-0.1, -0.05) is 18.6 Å². The van der Waals surface area contributed by atoms with Crippen LogP contribution in [0, 0.1) is 12.7 Å². The molecule has 0 unspecified atom stereocenters. The zero-order valence-corrected chi connectivity index (χ0v) is 11.4. The highest BCUT2D eigenvalue weighted by molar-refractivity contribution is 7.91. The maximum absolute atomic E-state index is 13.4. The van der Waals surface area contributed by atoms with E-state index in [2.05, 4.69) is 0 Å². The molecule has 0 spiro atoms. The molecule has 0 aliphatic rings. The number of carbonyl (C=O) groups is 1. The molecule has 0 saturated carbocycles. The summed E-state index contributed by atoms with van der Waals surface area (Å²) in [4.78, 5) is 11.8. The van der Waals surface area contributed by atoms with Gasteiger partial charge < -0.3 is 0 Å². The van der Waals surface area contributed by atoms with Crippen molar-refractivity contribution in [2.24, 2.45) is 0 Å². The number of hydrogen-bond acceptors (Lipinski definition) is 3. The average Bonchev–Trinajstić information content (AvgIpc) is 2.32. The van der Waals surface area contributed by atoms with Crippen LogP contribution in [0.15, 0.2) is 18.2 Å². The lowest BCUT2D eigenvalue weighted by molar-refractivity contribution is 0.0978. The summed E-state index contributed by atoms with van der Waals surface area (Å²) in [5, 5.41) is 0. The van der Waals surface area contributed by atoms with Crippen LogP contribution < -0.4 is 0 Å². The number of hydrogen-bond donors (Lipinski definition) is 0. The van der Waals surface area contributed by atoms with Crippen LogP contribution in [0.25, 0.3) is 0 Å². The number of aryl methyl sites for hydroxylation is 1. The smallest absolute Gasteiger partial charge is 0.165 e. The van der Waals surface area contributed by atoms with Crippen LogP contribution in [0.5, 0.6) is 0 Å². The lowest BCUT2D eigenvalue weighted by Crippen LogP contribution is -2.11. The van der Waals surface area contributed by atoms with Gasteiger partial charge in [-0.15, -0.1) is 0 Å². The van der Waals surface area contributed by atoms with E-state index in [1.165, 1.54) is 12.1 Å². The fourth-order valence-corrected chi connectivity index (χ4v) is 2.46. The molecular formula is C13H17FO3S. The van der Waals surface area contributed by atoms with Crippen molar-refractivity contribution in [2.75, 3.05) is 11.5 Å². The Morgan fingerprint density at radius 1 is 1.33 bits per heavy atom. The van der Waals surface area contributed by atoms with Crippen LogP contribution in [-0.4, -0.2) is 25.7 Å². The molecule has 3 nitrogen and oxygen atoms in total. The van der Waals surface area contributed by atoms with Crippen LogP contribution in [0.4, 0.5) is 4.39 Å². The first kappa shape index (κ1) is 14.8. The van der Waals surface area contributed by atoms with Gasteiger partial charge in [0, 0.05) is 12.2 Å². The topological polar surface area (TPSA) is 51.2 Å². The molecule has 1 rings (SSSR count). The lowest BCUT2D eigenvalue weighted by Gasteiger charge is -2.04. The van der Waals surface area contributed by atoms with E-state index in [0.29, 0.717) is 0 Å². The standard InChI is InChI=1S/C13H17FO3S/c1-3-18(16,17)8-4-5-13(15)11-9-10(2)6-7-12(11)14/h6-7,9H,3-5,8H2,1-2H3. The first-order chi connectivity index (χ1) is 8.35. The molecule has 5 heteroatoms. The molecule has 0 heterocycles. The Morgan fingerprint density at radius 3 is 2.61 bits per heavy atom. The van der Waals surface area contributed by atoms with Gasteiger partial charge in [0.2, 0.25) is 0 Å². The van der Waals surface area contributed by atoms with Gasteiger partial charge in [0.25, 0.3) is 0 Å². The second kappa shape index (κ2) is 6.09. The first-order valence-corrected chi connectivity index (χ1v) is 7.67. The predicted octanol–water partition coefficient (Wildman–Crippen LogP) is 2.53. The number of halogens is 1. The monoisotopic (exact) mass is 272 g/mol. The third kappa shape index (κ3) is 4.22. The minimum Gasteiger partial charge on any atom is -0.294 e. The number of sulfone groups is 1. The molecule has 0 saturated heterocycles. The fourth-order valence-electron chi connectivity index (χ4n) is 1.58. The normalized spacial score (nSPS) is 11.5. The minimum atomic E-state index is -3.06. The van der Waals surface area contributed by atoms with E-state index in [9.17, 15) is 17.6 Å². The molecule has 0 bridgehead atoms. The van der Waals surface area contributed by atoms with Crippen LogP contribution in [-0.2, 0) is 9.84 Å². The highest BCUT2D eigenvalue weighted by Gasteiger charge is 2.13. The summed E-state index contributed by atoms with van der Waals surface area (Å²) in [5.41, 5.74) is 0.852. The molecule has 0 radical (unpaired) electrons. The van der Waals surface area contributed by atoms with Crippen LogP contribution in [0.2, 0.25) is 0 Å². The van der Waals surface area contributed by atoms with E-state index in [1.807, 2.05) is 0 Å². The number of benzene rings is 1. The second-order valence-corrected chi connectivity index (χ2v) is 6.72. The number of ketones is 1. The zero-order chi connectivity index (χ0) is 13.8. The third-order valence-corrected chi connectivity index (χ3v) is 4.51. The molecule has 0 aliphatic carbocycles. The van der Waals surface area contributed by atoms with Crippen molar-refractivity contribution in [3.05, 3.63) is 35.1 Å². The molecule has 1 aromatic carbocycles. The Hall–Kier alpha value is -1.23. The van der Waals surface area contributed by atoms with Gasteiger partial charge in [-0.2, -0.15) is 0 Å². The molecule has 0 aromatic heterocycles. The summed E-state index contributed by atoms with van der Waals surface area (Å²) < 4.78 is 35.9. The Labute approximate surface area is 107 Å². The maximum atomic E-state index is 13.4. The van der Waals surface area contributed by atoms with Crippen molar-refractivity contribution in [1.29, 1.82) is 0 Å². The summed E-state index contributed by atoms with van der Waals surface area (Å²) in [5.74, 6) is -0.852. The second-order valence-electron chi connectivity index (χ2n) is 4.25. The Morgan fingerprint density at radius 2 is 2.00 bits per heavy atom. The Kier molecular flexibility index (Phi) is 5.02. The molecule has 100 valence electrons. The van der Waals surface area contributed by atoms with Crippen molar-refractivity contribution < 1.29 is 17.6 Å². The Bertz CT molecular complexity index is 535. The largest absolute Gasteiger partial charge is 0.294 e. The molecule has 18 heavy (non-hydrogen) atoms. The van der Waals surface area contributed by atoms with Crippen molar-refractivity contribution in [1.82, 2.24) is 0 Å². The highest BCUT2D eigenvalue weighted by atomic mass is 32.2. The molecule has 0 aliphatic heterocycles. The summed E-state index contributed by atoms with van der Waals surface area (Å²) in [6, 6.07) is 4.34. The SMILES string of the molecule is CCS(=O)(=O)CCCC(=O)c1cc(C)ccc1F. The summed E-state index contributed by atoms with van der Waals surface area (Å²) in [7, 11) is -3.06. The maximum Gasteiger partial charge on any atom is 0.165 e. The molecule has 0 amide bonds. The average molecular weight is 272 g/mol. The Balaban J connectivity index is 2.64. The fraction of sp³-hybridized carbons (Fsp3) is 0.462. The lowest BCUT2D eigenvalue weighted by atomic mass is 10.0. The molecule has 0 atom stereocenters. The molecular weight excluding hydrogens is 255 g/mol. The van der Waals surface area contributed by atoms with E-state index in [4.69, 9.17) is 0 Å². The number of Topliss-reactive ketones (excluding diaryl/α,β-unsaturated/α-hetero) is 1. The first-order valence-electron chi connectivity index (χ1n) is 5.85. The van der Waals surface area contributed by atoms with Crippen LogP contribution in [0.1, 0.15) is 35.7 Å². The van der Waals surface area contributed by atoms with E-state index in [-0.39, 0.29) is 35.7 Å². The van der Waals surface area contributed by atoms with E-state index in [1.54, 1.807) is 19.9 Å². The van der Waals surface area contributed by atoms with Crippen molar-refractivity contribution in [3.63, 3.8) is 0 Å². The van der Waals surface area contributed by atoms with Gasteiger partial charge in [0.1, 0.15) is 15.7 Å². The van der Waals surface area contributed by atoms with Crippen LogP contribution >= 0.6 is 0 Å². The van der Waals surface area contributed by atoms with Crippen molar-refractivity contribution in [3.8, 4) is 0 Å². The summed E-state index contributed by atoms with van der Waals surface area (Å²) >= 11 is 0. The summed E-state index contributed by atoms with van der Waals surface area (Å²) in [6.45, 7) is 3.34. The predicted molar refractivity (Wildman–Crippen MR) is 69.0 cm³/mol. The quantitative estimate of drug-likeness (QED) is 0.748. The summed E-state index contributed by atoms with van der Waals surface area (Å²) in [6.07, 6.45) is 0.294. The van der Waals surface area contributed by atoms with E-state index >= 15 is 0 Å². The zero-order valence-electron chi connectivity index (χ0n) is 10.6. The molecule has 0 fully saturated rings. The van der Waals surface area contributed by atoms with E-state index in [0.717, 1.165) is 5.56 Å². The van der Waals surface area contributed by atoms with E-state index < -0.39 is 15.7 Å². The van der Waals surface area contributed by atoms with Gasteiger partial charge in [-0.3, -0.25) is 4.79 Å². The van der Waals surface area contributed by atoms with Gasteiger partial charge in [-0.05, 0) is 25.5 Å². The van der Waals surface area contributed by atoms with Crippen molar-refractivity contribution in [2.45, 2.75) is 26.7 Å². The van der Waals surface area contributed by atoms with Gasteiger partial charge in [0.15, 0.2) is 5.78 Å². The number of carbonyl (C=O) groups excluding carboxylic acids is 1. The van der Waals surface area contributed by atoms with Gasteiger partial charge in [-0.25, -0.2) is 12.8 Å². The molecule has 1 aromatic rings.